The summed E-state index contributed by atoms with van der Waals surface area (Å²) in [7, 11) is 0. The van der Waals surface area contributed by atoms with Crippen LogP contribution in [-0.2, 0) is 0 Å². The summed E-state index contributed by atoms with van der Waals surface area (Å²) in [6.45, 7) is 11.1. The van der Waals surface area contributed by atoms with Crippen LogP contribution in [0.1, 0.15) is 65.7 Å². The summed E-state index contributed by atoms with van der Waals surface area (Å²) >= 11 is 0. The van der Waals surface area contributed by atoms with E-state index in [1.165, 1.54) is 64.6 Å². The van der Waals surface area contributed by atoms with Crippen molar-refractivity contribution in [2.75, 3.05) is 19.6 Å². The number of hydrogen-bond donors (Lipinski definition) is 1. The lowest BCUT2D eigenvalue weighted by Gasteiger charge is -2.43. The second kappa shape index (κ2) is 7.64. The summed E-state index contributed by atoms with van der Waals surface area (Å²) < 4.78 is 0. The Balaban J connectivity index is 1.92. The van der Waals surface area contributed by atoms with Gasteiger partial charge in [-0.15, -0.1) is 0 Å². The van der Waals surface area contributed by atoms with Crippen LogP contribution in [0, 0.1) is 11.8 Å². The van der Waals surface area contributed by atoms with Crippen LogP contribution in [0.5, 0.6) is 0 Å². The molecule has 1 heterocycles. The highest BCUT2D eigenvalue weighted by Crippen LogP contribution is 2.32. The molecule has 2 aliphatic rings. The molecule has 19 heavy (non-hydrogen) atoms. The monoisotopic (exact) mass is 266 g/mol. The molecule has 1 aliphatic heterocycles. The van der Waals surface area contributed by atoms with Gasteiger partial charge in [0, 0.05) is 18.6 Å². The van der Waals surface area contributed by atoms with E-state index >= 15 is 0 Å². The molecular weight excluding hydrogens is 232 g/mol. The third-order valence-electron chi connectivity index (χ3n) is 5.26. The Labute approximate surface area is 120 Å². The van der Waals surface area contributed by atoms with E-state index < -0.39 is 0 Å². The first-order valence-electron chi connectivity index (χ1n) is 8.68. The maximum atomic E-state index is 3.73. The molecule has 0 bridgehead atoms. The van der Waals surface area contributed by atoms with Gasteiger partial charge in [0.1, 0.15) is 0 Å². The summed E-state index contributed by atoms with van der Waals surface area (Å²) in [6, 6.07) is 1.59. The zero-order valence-electron chi connectivity index (χ0n) is 13.3. The molecule has 112 valence electrons. The van der Waals surface area contributed by atoms with Crippen molar-refractivity contribution in [3.63, 3.8) is 0 Å². The van der Waals surface area contributed by atoms with Crippen molar-refractivity contribution in [1.82, 2.24) is 10.2 Å². The highest BCUT2D eigenvalue weighted by atomic mass is 15.2. The van der Waals surface area contributed by atoms with Gasteiger partial charge in [0.25, 0.3) is 0 Å². The molecule has 4 unspecified atom stereocenters. The Morgan fingerprint density at radius 3 is 2.63 bits per heavy atom. The highest BCUT2D eigenvalue weighted by molar-refractivity contribution is 4.86. The van der Waals surface area contributed by atoms with Gasteiger partial charge in [-0.05, 0) is 57.0 Å². The average Bonchev–Trinajstić information content (AvgIpc) is 2.42. The SMILES string of the molecule is CCCN(CC1CCCCN1)C1CC(C)CCC1C. The molecule has 2 fully saturated rings. The van der Waals surface area contributed by atoms with Crippen molar-refractivity contribution >= 4 is 0 Å². The van der Waals surface area contributed by atoms with Crippen molar-refractivity contribution in [3.8, 4) is 0 Å². The minimum Gasteiger partial charge on any atom is -0.313 e. The average molecular weight is 266 g/mol. The lowest BCUT2D eigenvalue weighted by Crippen LogP contribution is -2.50. The third-order valence-corrected chi connectivity index (χ3v) is 5.26. The predicted octanol–water partition coefficient (Wildman–Crippen LogP) is 3.67. The van der Waals surface area contributed by atoms with Gasteiger partial charge in [0.2, 0.25) is 0 Å². The van der Waals surface area contributed by atoms with Crippen LogP contribution in [0.15, 0.2) is 0 Å². The molecule has 0 radical (unpaired) electrons. The van der Waals surface area contributed by atoms with E-state index in [4.69, 9.17) is 0 Å². The predicted molar refractivity (Wildman–Crippen MR) is 83.5 cm³/mol. The third kappa shape index (κ3) is 4.46. The van der Waals surface area contributed by atoms with Crippen LogP contribution in [0.4, 0.5) is 0 Å². The Kier molecular flexibility index (Phi) is 6.15. The summed E-state index contributed by atoms with van der Waals surface area (Å²) in [5.74, 6) is 1.83. The standard InChI is InChI=1S/C17H34N2/c1-4-11-19(13-16-7-5-6-10-18-16)17-12-14(2)8-9-15(17)3/h14-18H,4-13H2,1-3H3. The molecule has 0 aromatic carbocycles. The first-order valence-corrected chi connectivity index (χ1v) is 8.68. The van der Waals surface area contributed by atoms with Gasteiger partial charge in [-0.1, -0.05) is 33.6 Å². The molecule has 2 rings (SSSR count). The minimum atomic E-state index is 0.754. The fourth-order valence-corrected chi connectivity index (χ4v) is 4.05. The van der Waals surface area contributed by atoms with Gasteiger partial charge in [-0.2, -0.15) is 0 Å². The largest absolute Gasteiger partial charge is 0.313 e. The van der Waals surface area contributed by atoms with Crippen LogP contribution in [0.3, 0.4) is 0 Å². The molecular formula is C17H34N2. The lowest BCUT2D eigenvalue weighted by atomic mass is 9.79. The Morgan fingerprint density at radius 2 is 1.95 bits per heavy atom. The van der Waals surface area contributed by atoms with E-state index in [9.17, 15) is 0 Å². The minimum absolute atomic E-state index is 0.754. The fraction of sp³-hybridized carbons (Fsp3) is 1.00. The quantitative estimate of drug-likeness (QED) is 0.817. The molecule has 1 aliphatic carbocycles. The first-order chi connectivity index (χ1) is 9.20. The van der Waals surface area contributed by atoms with Crippen LogP contribution in [0.2, 0.25) is 0 Å². The number of hydrogen-bond acceptors (Lipinski definition) is 2. The van der Waals surface area contributed by atoms with Gasteiger partial charge < -0.3 is 5.32 Å². The van der Waals surface area contributed by atoms with E-state index in [1.807, 2.05) is 0 Å². The molecule has 4 atom stereocenters. The van der Waals surface area contributed by atoms with E-state index in [1.54, 1.807) is 0 Å². The summed E-state index contributed by atoms with van der Waals surface area (Å²) in [4.78, 5) is 2.82. The van der Waals surface area contributed by atoms with E-state index in [-0.39, 0.29) is 0 Å². The zero-order chi connectivity index (χ0) is 13.7. The van der Waals surface area contributed by atoms with Gasteiger partial charge in [0.05, 0.1) is 0 Å². The van der Waals surface area contributed by atoms with Gasteiger partial charge in [-0.25, -0.2) is 0 Å². The van der Waals surface area contributed by atoms with Crippen molar-refractivity contribution in [3.05, 3.63) is 0 Å². The molecule has 1 saturated carbocycles. The molecule has 2 heteroatoms. The zero-order valence-corrected chi connectivity index (χ0v) is 13.3. The van der Waals surface area contributed by atoms with Crippen molar-refractivity contribution in [2.24, 2.45) is 11.8 Å². The topological polar surface area (TPSA) is 15.3 Å². The van der Waals surface area contributed by atoms with Gasteiger partial charge in [-0.3, -0.25) is 4.90 Å². The number of rotatable bonds is 5. The molecule has 0 aromatic heterocycles. The Morgan fingerprint density at radius 1 is 1.11 bits per heavy atom. The van der Waals surface area contributed by atoms with E-state index in [2.05, 4.69) is 31.0 Å². The van der Waals surface area contributed by atoms with Gasteiger partial charge >= 0.3 is 0 Å². The molecule has 0 amide bonds. The van der Waals surface area contributed by atoms with Crippen molar-refractivity contribution < 1.29 is 0 Å². The summed E-state index contributed by atoms with van der Waals surface area (Å²) in [5.41, 5.74) is 0. The Bertz CT molecular complexity index is 248. The smallest absolute Gasteiger partial charge is 0.0195 e. The molecule has 1 saturated heterocycles. The van der Waals surface area contributed by atoms with Crippen molar-refractivity contribution in [1.29, 1.82) is 0 Å². The highest BCUT2D eigenvalue weighted by Gasteiger charge is 2.31. The van der Waals surface area contributed by atoms with Crippen LogP contribution in [0.25, 0.3) is 0 Å². The van der Waals surface area contributed by atoms with E-state index in [0.717, 1.165) is 23.9 Å². The van der Waals surface area contributed by atoms with Crippen LogP contribution < -0.4 is 5.32 Å². The number of nitrogens with one attached hydrogen (secondary N) is 1. The molecule has 0 aromatic rings. The second-order valence-corrected chi connectivity index (χ2v) is 7.10. The van der Waals surface area contributed by atoms with Crippen LogP contribution >= 0.6 is 0 Å². The normalized spacial score (nSPS) is 36.6. The van der Waals surface area contributed by atoms with Gasteiger partial charge in [0.15, 0.2) is 0 Å². The summed E-state index contributed by atoms with van der Waals surface area (Å²) in [6.07, 6.45) is 9.79. The second-order valence-electron chi connectivity index (χ2n) is 7.10. The maximum absolute atomic E-state index is 3.73. The van der Waals surface area contributed by atoms with Crippen LogP contribution in [-0.4, -0.2) is 36.6 Å². The number of nitrogens with zero attached hydrogens (tertiary/aromatic N) is 1. The lowest BCUT2D eigenvalue weighted by molar-refractivity contribution is 0.0778. The maximum Gasteiger partial charge on any atom is 0.0195 e. The Hall–Kier alpha value is -0.0800. The molecule has 1 N–H and O–H groups in total. The van der Waals surface area contributed by atoms with E-state index in [0.29, 0.717) is 0 Å². The van der Waals surface area contributed by atoms with Crippen molar-refractivity contribution in [2.45, 2.75) is 77.8 Å². The molecule has 0 spiro atoms. The molecule has 2 nitrogen and oxygen atoms in total. The fourth-order valence-electron chi connectivity index (χ4n) is 4.05. The number of piperidine rings is 1. The first kappa shape index (κ1) is 15.3. The summed E-state index contributed by atoms with van der Waals surface area (Å²) in [5, 5.41) is 3.73.